The fourth-order valence-electron chi connectivity index (χ4n) is 4.02. The predicted octanol–water partition coefficient (Wildman–Crippen LogP) is 8.44. The summed E-state index contributed by atoms with van der Waals surface area (Å²) in [4.78, 5) is 0. The van der Waals surface area contributed by atoms with E-state index < -0.39 is 11.4 Å². The Bertz CT molecular complexity index is 516. The minimum atomic E-state index is -2.49. The predicted molar refractivity (Wildman–Crippen MR) is 128 cm³/mol. The lowest BCUT2D eigenvalue weighted by atomic mass is 10.0. The molecule has 0 radical (unpaired) electrons. The van der Waals surface area contributed by atoms with E-state index in [1.54, 1.807) is 12.1 Å². The van der Waals surface area contributed by atoms with Crippen LogP contribution in [-0.2, 0) is 17.8 Å². The molecule has 0 fully saturated rings. The van der Waals surface area contributed by atoms with Gasteiger partial charge in [-0.3, -0.25) is 0 Å². The number of unbranched alkanes of at least 4 members (excludes halogenated alkanes) is 17. The van der Waals surface area contributed by atoms with Crippen LogP contribution in [0.2, 0.25) is 0 Å². The Morgan fingerprint density at radius 2 is 1.00 bits per heavy atom. The standard InChI is InChI=1S/C26H46O3S/c1-2-3-4-5-6-7-8-9-10-11-12-13-14-15-16-17-18-19-20-25-21-23-26(24-22-25)29-30(27)28/h21-24H,2-20H2,1H3,(H,27,28)/p-1. The van der Waals surface area contributed by atoms with Gasteiger partial charge in [0, 0.05) is 0 Å². The number of hydrogen-bond acceptors (Lipinski definition) is 3. The van der Waals surface area contributed by atoms with Gasteiger partial charge in [-0.15, -0.1) is 0 Å². The maximum atomic E-state index is 10.5. The van der Waals surface area contributed by atoms with Crippen molar-refractivity contribution in [3.05, 3.63) is 29.8 Å². The first-order valence-corrected chi connectivity index (χ1v) is 13.6. The molecule has 1 atom stereocenters. The molecule has 0 saturated heterocycles. The molecule has 174 valence electrons. The van der Waals surface area contributed by atoms with Gasteiger partial charge in [-0.05, 0) is 30.5 Å². The van der Waals surface area contributed by atoms with Gasteiger partial charge < -0.3 is 8.74 Å². The van der Waals surface area contributed by atoms with Gasteiger partial charge in [-0.1, -0.05) is 128 Å². The van der Waals surface area contributed by atoms with Crippen LogP contribution in [0.25, 0.3) is 0 Å². The maximum Gasteiger partial charge on any atom is 0.139 e. The first kappa shape index (κ1) is 27.2. The molecule has 0 bridgehead atoms. The second-order valence-electron chi connectivity index (χ2n) is 8.69. The molecule has 0 aliphatic rings. The summed E-state index contributed by atoms with van der Waals surface area (Å²) in [6.07, 6.45) is 26.2. The summed E-state index contributed by atoms with van der Waals surface area (Å²) in [5.41, 5.74) is 1.25. The Kier molecular flexibility index (Phi) is 18.2. The first-order chi connectivity index (χ1) is 14.7. The highest BCUT2D eigenvalue weighted by atomic mass is 32.2. The van der Waals surface area contributed by atoms with Crippen LogP contribution in [0.3, 0.4) is 0 Å². The molecular formula is C26H45O3S-. The van der Waals surface area contributed by atoms with Crippen molar-refractivity contribution in [1.29, 1.82) is 0 Å². The molecule has 0 aliphatic heterocycles. The van der Waals surface area contributed by atoms with Crippen LogP contribution in [0.4, 0.5) is 0 Å². The Hall–Kier alpha value is -0.870. The number of rotatable bonds is 21. The fraction of sp³-hybridized carbons (Fsp3) is 0.769. The molecule has 0 N–H and O–H groups in total. The molecule has 0 spiro atoms. The summed E-state index contributed by atoms with van der Waals surface area (Å²) in [6.45, 7) is 2.28. The topological polar surface area (TPSA) is 49.4 Å². The zero-order valence-electron chi connectivity index (χ0n) is 19.4. The molecule has 0 aromatic heterocycles. The lowest BCUT2D eigenvalue weighted by molar-refractivity contribution is 0.440. The van der Waals surface area contributed by atoms with Gasteiger partial charge >= 0.3 is 0 Å². The van der Waals surface area contributed by atoms with Crippen molar-refractivity contribution in [2.24, 2.45) is 0 Å². The number of hydrogen-bond donors (Lipinski definition) is 0. The van der Waals surface area contributed by atoms with Crippen molar-refractivity contribution >= 4 is 11.4 Å². The van der Waals surface area contributed by atoms with Crippen molar-refractivity contribution in [2.75, 3.05) is 0 Å². The quantitative estimate of drug-likeness (QED) is 0.143. The van der Waals surface area contributed by atoms with E-state index in [0.717, 1.165) is 6.42 Å². The van der Waals surface area contributed by atoms with Crippen molar-refractivity contribution in [2.45, 2.75) is 129 Å². The summed E-state index contributed by atoms with van der Waals surface area (Å²) < 4.78 is 25.6. The largest absolute Gasteiger partial charge is 0.740 e. The maximum absolute atomic E-state index is 10.5. The van der Waals surface area contributed by atoms with Crippen LogP contribution < -0.4 is 4.18 Å². The Labute approximate surface area is 188 Å². The smallest absolute Gasteiger partial charge is 0.139 e. The lowest BCUT2D eigenvalue weighted by Gasteiger charge is -2.08. The Morgan fingerprint density at radius 3 is 1.37 bits per heavy atom. The Balaban J connectivity index is 1.79. The van der Waals surface area contributed by atoms with Gasteiger partial charge in [0.1, 0.15) is 17.1 Å². The molecule has 1 unspecified atom stereocenters. The highest BCUT2D eigenvalue weighted by Crippen LogP contribution is 2.17. The summed E-state index contributed by atoms with van der Waals surface area (Å²) in [7, 11) is 0. The van der Waals surface area contributed by atoms with Gasteiger partial charge in [-0.25, -0.2) is 4.21 Å². The highest BCUT2D eigenvalue weighted by molar-refractivity contribution is 7.74. The van der Waals surface area contributed by atoms with Gasteiger partial charge in [-0.2, -0.15) is 0 Å². The van der Waals surface area contributed by atoms with Crippen molar-refractivity contribution in [1.82, 2.24) is 0 Å². The molecule has 30 heavy (non-hydrogen) atoms. The summed E-state index contributed by atoms with van der Waals surface area (Å²) >= 11 is -2.49. The van der Waals surface area contributed by atoms with Crippen LogP contribution in [0.1, 0.15) is 128 Å². The van der Waals surface area contributed by atoms with Crippen molar-refractivity contribution in [3.8, 4) is 5.75 Å². The van der Waals surface area contributed by atoms with Gasteiger partial charge in [0.05, 0.1) is 0 Å². The van der Waals surface area contributed by atoms with E-state index in [1.165, 1.54) is 121 Å². The average molecular weight is 438 g/mol. The van der Waals surface area contributed by atoms with Gasteiger partial charge in [0.15, 0.2) is 0 Å². The fourth-order valence-corrected chi connectivity index (χ4v) is 4.29. The summed E-state index contributed by atoms with van der Waals surface area (Å²) in [5.74, 6) is 0.380. The third-order valence-electron chi connectivity index (χ3n) is 5.91. The second-order valence-corrected chi connectivity index (χ2v) is 9.27. The number of benzene rings is 1. The van der Waals surface area contributed by atoms with E-state index >= 15 is 0 Å². The van der Waals surface area contributed by atoms with Gasteiger partial charge in [0.25, 0.3) is 0 Å². The van der Waals surface area contributed by atoms with Gasteiger partial charge in [0.2, 0.25) is 0 Å². The molecule has 1 aromatic rings. The third kappa shape index (κ3) is 16.9. The summed E-state index contributed by atoms with van der Waals surface area (Å²) in [6, 6.07) is 7.35. The van der Waals surface area contributed by atoms with Crippen LogP contribution in [-0.4, -0.2) is 8.76 Å². The highest BCUT2D eigenvalue weighted by Gasteiger charge is 1.98. The molecule has 0 aliphatic carbocycles. The zero-order valence-corrected chi connectivity index (χ0v) is 20.2. The molecule has 1 aromatic carbocycles. The van der Waals surface area contributed by atoms with E-state index in [-0.39, 0.29) is 0 Å². The average Bonchev–Trinajstić information content (AvgIpc) is 2.73. The normalized spacial score (nSPS) is 12.2. The van der Waals surface area contributed by atoms with E-state index in [2.05, 4.69) is 11.1 Å². The van der Waals surface area contributed by atoms with E-state index in [1.807, 2.05) is 12.1 Å². The Morgan fingerprint density at radius 1 is 0.633 bits per heavy atom. The molecule has 0 saturated carbocycles. The minimum absolute atomic E-state index is 0.380. The van der Waals surface area contributed by atoms with E-state index in [4.69, 9.17) is 0 Å². The number of aryl methyl sites for hydroxylation is 1. The zero-order chi connectivity index (χ0) is 21.7. The van der Waals surface area contributed by atoms with Crippen LogP contribution in [0.15, 0.2) is 24.3 Å². The monoisotopic (exact) mass is 437 g/mol. The SMILES string of the molecule is CCCCCCCCCCCCCCCCCCCCc1ccc(OS(=O)[O-])cc1. The molecule has 4 heteroatoms. The molecule has 0 heterocycles. The van der Waals surface area contributed by atoms with Crippen LogP contribution in [0.5, 0.6) is 5.75 Å². The molecule has 0 amide bonds. The van der Waals surface area contributed by atoms with Crippen molar-refractivity contribution < 1.29 is 12.9 Å². The second kappa shape index (κ2) is 20.1. The first-order valence-electron chi connectivity index (χ1n) is 12.6. The van der Waals surface area contributed by atoms with Crippen LogP contribution in [0, 0.1) is 0 Å². The summed E-state index contributed by atoms with van der Waals surface area (Å²) in [5, 5.41) is 0. The lowest BCUT2D eigenvalue weighted by Crippen LogP contribution is -1.97. The molecular weight excluding hydrogens is 392 g/mol. The third-order valence-corrected chi connectivity index (χ3v) is 6.24. The van der Waals surface area contributed by atoms with E-state index in [0.29, 0.717) is 5.75 Å². The van der Waals surface area contributed by atoms with E-state index in [9.17, 15) is 8.76 Å². The minimum Gasteiger partial charge on any atom is -0.740 e. The van der Waals surface area contributed by atoms with Crippen molar-refractivity contribution in [3.63, 3.8) is 0 Å². The van der Waals surface area contributed by atoms with Crippen LogP contribution >= 0.6 is 0 Å². The molecule has 1 rings (SSSR count). The molecule has 3 nitrogen and oxygen atoms in total.